The average Bonchev–Trinajstić information content (AvgIpc) is 2.34. The van der Waals surface area contributed by atoms with Gasteiger partial charge in [0.25, 0.3) is 5.91 Å². The molecule has 0 spiro atoms. The molecule has 0 heterocycles. The summed E-state index contributed by atoms with van der Waals surface area (Å²) in [6.07, 6.45) is 4.03. The third kappa shape index (κ3) is 4.50. The molecule has 0 aliphatic carbocycles. The lowest BCUT2D eigenvalue weighted by atomic mass is 10.1. The Morgan fingerprint density at radius 2 is 2.00 bits per heavy atom. The van der Waals surface area contributed by atoms with Crippen LogP contribution in [0.4, 0.5) is 14.5 Å². The Bertz CT molecular complexity index is 449. The largest absolute Gasteiger partial charge is 0.396 e. The minimum atomic E-state index is -0.898. The van der Waals surface area contributed by atoms with Gasteiger partial charge in [0, 0.05) is 12.1 Å². The Balaban J connectivity index is 2.65. The molecule has 3 nitrogen and oxygen atoms in total. The third-order valence-corrected chi connectivity index (χ3v) is 2.95. The Morgan fingerprint density at radius 3 is 2.63 bits per heavy atom. The fraction of sp³-hybridized carbons (Fsp3) is 0.500. The van der Waals surface area contributed by atoms with Crippen molar-refractivity contribution < 1.29 is 13.6 Å². The molecular formula is C14H20F2N2O. The average molecular weight is 270 g/mol. The second kappa shape index (κ2) is 7.07. The highest BCUT2D eigenvalue weighted by Crippen LogP contribution is 2.17. The van der Waals surface area contributed by atoms with Crippen LogP contribution in [0.5, 0.6) is 0 Å². The zero-order valence-corrected chi connectivity index (χ0v) is 11.3. The molecule has 0 saturated carbocycles. The summed E-state index contributed by atoms with van der Waals surface area (Å²) in [4.78, 5) is 11.8. The molecule has 0 aliphatic rings. The number of carbonyl (C=O) groups is 1. The van der Waals surface area contributed by atoms with Crippen molar-refractivity contribution in [1.29, 1.82) is 0 Å². The van der Waals surface area contributed by atoms with Gasteiger partial charge in [-0.2, -0.15) is 0 Å². The molecule has 1 amide bonds. The first-order chi connectivity index (χ1) is 8.95. The lowest BCUT2D eigenvalue weighted by molar-refractivity contribution is 0.0934. The standard InChI is InChI=1S/C14H20F2N2O/c1-3-4-5-6-9(2)18-14(19)10-7-13(17)12(16)8-11(10)15/h7-9H,3-6,17H2,1-2H3,(H,18,19). The SMILES string of the molecule is CCCCCC(C)NC(=O)c1cc(N)c(F)cc1F. The molecule has 19 heavy (non-hydrogen) atoms. The van der Waals surface area contributed by atoms with E-state index in [1.807, 2.05) is 6.92 Å². The fourth-order valence-electron chi connectivity index (χ4n) is 1.81. The van der Waals surface area contributed by atoms with E-state index in [1.165, 1.54) is 0 Å². The predicted molar refractivity (Wildman–Crippen MR) is 71.8 cm³/mol. The van der Waals surface area contributed by atoms with E-state index < -0.39 is 17.5 Å². The first-order valence-electron chi connectivity index (χ1n) is 6.51. The molecule has 0 aromatic heterocycles. The van der Waals surface area contributed by atoms with Gasteiger partial charge in [0.2, 0.25) is 0 Å². The number of halogens is 2. The number of nitrogen functional groups attached to an aromatic ring is 1. The molecule has 106 valence electrons. The summed E-state index contributed by atoms with van der Waals surface area (Å²) in [6.45, 7) is 3.96. The van der Waals surface area contributed by atoms with E-state index >= 15 is 0 Å². The van der Waals surface area contributed by atoms with Gasteiger partial charge in [-0.05, 0) is 19.4 Å². The van der Waals surface area contributed by atoms with Crippen LogP contribution in [0.1, 0.15) is 49.9 Å². The minimum Gasteiger partial charge on any atom is -0.396 e. The summed E-state index contributed by atoms with van der Waals surface area (Å²) in [5.41, 5.74) is 4.88. The molecule has 1 rings (SSSR count). The second-order valence-electron chi connectivity index (χ2n) is 4.72. The van der Waals surface area contributed by atoms with Crippen LogP contribution in [-0.4, -0.2) is 11.9 Å². The third-order valence-electron chi connectivity index (χ3n) is 2.95. The first kappa shape index (κ1) is 15.4. The molecule has 1 atom stereocenters. The Hall–Kier alpha value is -1.65. The minimum absolute atomic E-state index is 0.0512. The summed E-state index contributed by atoms with van der Waals surface area (Å²) >= 11 is 0. The number of benzene rings is 1. The van der Waals surface area contributed by atoms with Crippen molar-refractivity contribution in [3.63, 3.8) is 0 Å². The maximum atomic E-state index is 13.5. The molecule has 1 aromatic rings. The van der Waals surface area contributed by atoms with Gasteiger partial charge in [-0.1, -0.05) is 26.2 Å². The van der Waals surface area contributed by atoms with Crippen LogP contribution in [0.15, 0.2) is 12.1 Å². The van der Waals surface area contributed by atoms with Crippen molar-refractivity contribution in [2.45, 2.75) is 45.6 Å². The maximum Gasteiger partial charge on any atom is 0.254 e. The summed E-state index contributed by atoms with van der Waals surface area (Å²) in [5, 5.41) is 2.69. The van der Waals surface area contributed by atoms with Crippen LogP contribution in [0.2, 0.25) is 0 Å². The number of anilines is 1. The van der Waals surface area contributed by atoms with Gasteiger partial charge in [0.15, 0.2) is 0 Å². The highest BCUT2D eigenvalue weighted by molar-refractivity contribution is 5.95. The van der Waals surface area contributed by atoms with Crippen LogP contribution in [0.25, 0.3) is 0 Å². The molecule has 3 N–H and O–H groups in total. The van der Waals surface area contributed by atoms with Crippen LogP contribution in [0.3, 0.4) is 0 Å². The van der Waals surface area contributed by atoms with Crippen LogP contribution >= 0.6 is 0 Å². The fourth-order valence-corrected chi connectivity index (χ4v) is 1.81. The normalized spacial score (nSPS) is 12.2. The van der Waals surface area contributed by atoms with E-state index in [2.05, 4.69) is 12.2 Å². The van der Waals surface area contributed by atoms with E-state index in [0.29, 0.717) is 6.07 Å². The summed E-state index contributed by atoms with van der Waals surface area (Å²) in [5.74, 6) is -2.32. The molecular weight excluding hydrogens is 250 g/mol. The van der Waals surface area contributed by atoms with Crippen LogP contribution in [0, 0.1) is 11.6 Å². The Morgan fingerprint density at radius 1 is 1.32 bits per heavy atom. The Kier molecular flexibility index (Phi) is 5.73. The van der Waals surface area contributed by atoms with E-state index in [-0.39, 0.29) is 17.3 Å². The van der Waals surface area contributed by atoms with Crippen molar-refractivity contribution in [2.75, 3.05) is 5.73 Å². The molecule has 0 saturated heterocycles. The van der Waals surface area contributed by atoms with Crippen molar-refractivity contribution in [3.8, 4) is 0 Å². The molecule has 0 bridgehead atoms. The summed E-state index contributed by atoms with van der Waals surface area (Å²) in [6, 6.07) is 1.61. The number of hydrogen-bond acceptors (Lipinski definition) is 2. The van der Waals surface area contributed by atoms with E-state index in [1.54, 1.807) is 0 Å². The van der Waals surface area contributed by atoms with Gasteiger partial charge in [-0.3, -0.25) is 4.79 Å². The van der Waals surface area contributed by atoms with Crippen LogP contribution < -0.4 is 11.1 Å². The molecule has 0 radical (unpaired) electrons. The van der Waals surface area contributed by atoms with Crippen molar-refractivity contribution in [3.05, 3.63) is 29.3 Å². The molecule has 1 unspecified atom stereocenters. The smallest absolute Gasteiger partial charge is 0.254 e. The van der Waals surface area contributed by atoms with Gasteiger partial charge in [0.1, 0.15) is 11.6 Å². The van der Waals surface area contributed by atoms with Gasteiger partial charge >= 0.3 is 0 Å². The maximum absolute atomic E-state index is 13.5. The lowest BCUT2D eigenvalue weighted by Gasteiger charge is -2.14. The second-order valence-corrected chi connectivity index (χ2v) is 4.72. The quantitative estimate of drug-likeness (QED) is 0.616. The molecule has 5 heteroatoms. The molecule has 0 fully saturated rings. The molecule has 0 aliphatic heterocycles. The lowest BCUT2D eigenvalue weighted by Crippen LogP contribution is -2.33. The van der Waals surface area contributed by atoms with E-state index in [9.17, 15) is 13.6 Å². The van der Waals surface area contributed by atoms with Crippen molar-refractivity contribution in [2.24, 2.45) is 0 Å². The zero-order valence-electron chi connectivity index (χ0n) is 11.3. The Labute approximate surface area is 112 Å². The highest BCUT2D eigenvalue weighted by atomic mass is 19.1. The topological polar surface area (TPSA) is 55.1 Å². The summed E-state index contributed by atoms with van der Waals surface area (Å²) < 4.78 is 26.5. The van der Waals surface area contributed by atoms with Crippen molar-refractivity contribution in [1.82, 2.24) is 5.32 Å². The number of rotatable bonds is 6. The van der Waals surface area contributed by atoms with E-state index in [4.69, 9.17) is 5.73 Å². The number of unbranched alkanes of at least 4 members (excludes halogenated alkanes) is 2. The number of carbonyl (C=O) groups excluding carboxylic acids is 1. The zero-order chi connectivity index (χ0) is 14.4. The number of nitrogens with one attached hydrogen (secondary N) is 1. The predicted octanol–water partition coefficient (Wildman–Crippen LogP) is 3.25. The molecule has 1 aromatic carbocycles. The number of hydrogen-bond donors (Lipinski definition) is 2. The van der Waals surface area contributed by atoms with Gasteiger partial charge in [-0.25, -0.2) is 8.78 Å². The van der Waals surface area contributed by atoms with Gasteiger partial charge in [-0.15, -0.1) is 0 Å². The monoisotopic (exact) mass is 270 g/mol. The van der Waals surface area contributed by atoms with Crippen LogP contribution in [-0.2, 0) is 0 Å². The highest BCUT2D eigenvalue weighted by Gasteiger charge is 2.16. The first-order valence-corrected chi connectivity index (χ1v) is 6.51. The van der Waals surface area contributed by atoms with Gasteiger partial charge < -0.3 is 11.1 Å². The van der Waals surface area contributed by atoms with Crippen molar-refractivity contribution >= 4 is 11.6 Å². The number of amides is 1. The van der Waals surface area contributed by atoms with E-state index in [0.717, 1.165) is 31.7 Å². The van der Waals surface area contributed by atoms with Gasteiger partial charge in [0.05, 0.1) is 11.3 Å². The number of nitrogens with two attached hydrogens (primary N) is 1. The summed E-state index contributed by atoms with van der Waals surface area (Å²) in [7, 11) is 0.